The van der Waals surface area contributed by atoms with Gasteiger partial charge in [0, 0.05) is 21.8 Å². The van der Waals surface area contributed by atoms with E-state index in [1.807, 2.05) is 36.4 Å². The highest BCUT2D eigenvalue weighted by Crippen LogP contribution is 2.24. The third kappa shape index (κ3) is 6.04. The Bertz CT molecular complexity index is 800. The molecule has 0 spiro atoms. The average Bonchev–Trinajstić information content (AvgIpc) is 2.65. The van der Waals surface area contributed by atoms with E-state index in [4.69, 9.17) is 9.47 Å². The van der Waals surface area contributed by atoms with Crippen molar-refractivity contribution < 1.29 is 19.1 Å². The number of benzene rings is 2. The fourth-order valence-corrected chi connectivity index (χ4v) is 2.58. The molecule has 0 bridgehead atoms. The van der Waals surface area contributed by atoms with E-state index in [1.54, 1.807) is 19.3 Å². The molecule has 136 valence electrons. The van der Waals surface area contributed by atoms with Gasteiger partial charge in [-0.15, -0.1) is 0 Å². The minimum absolute atomic E-state index is 0.353. The molecule has 0 saturated carbocycles. The maximum absolute atomic E-state index is 11.9. The van der Waals surface area contributed by atoms with Gasteiger partial charge in [-0.2, -0.15) is 0 Å². The number of rotatable bonds is 7. The highest BCUT2D eigenvalue weighted by atomic mass is 79.9. The number of aryl methyl sites for hydroxylation is 1. The number of anilines is 1. The Balaban J connectivity index is 1.85. The Hall–Kier alpha value is -2.60. The average molecular weight is 418 g/mol. The van der Waals surface area contributed by atoms with Gasteiger partial charge in [-0.05, 0) is 48.4 Å². The summed E-state index contributed by atoms with van der Waals surface area (Å²) in [4.78, 5) is 23.7. The lowest BCUT2D eigenvalue weighted by Crippen LogP contribution is -2.20. The maximum atomic E-state index is 11.9. The van der Waals surface area contributed by atoms with Crippen LogP contribution >= 0.6 is 15.9 Å². The van der Waals surface area contributed by atoms with Gasteiger partial charge in [-0.3, -0.25) is 4.79 Å². The van der Waals surface area contributed by atoms with Gasteiger partial charge in [0.25, 0.3) is 5.91 Å². The monoisotopic (exact) mass is 417 g/mol. The van der Waals surface area contributed by atoms with Crippen molar-refractivity contribution in [3.8, 4) is 5.75 Å². The minimum atomic E-state index is -0.608. The summed E-state index contributed by atoms with van der Waals surface area (Å²) in [6.45, 7) is 1.71. The van der Waals surface area contributed by atoms with E-state index in [-0.39, 0.29) is 6.61 Å². The normalized spacial score (nSPS) is 10.6. The number of carbonyl (C=O) groups is 2. The van der Waals surface area contributed by atoms with E-state index < -0.39 is 11.9 Å². The van der Waals surface area contributed by atoms with Crippen molar-refractivity contribution in [2.75, 3.05) is 19.0 Å². The van der Waals surface area contributed by atoms with E-state index in [0.717, 1.165) is 16.5 Å². The third-order valence-electron chi connectivity index (χ3n) is 3.58. The molecule has 0 aromatic heterocycles. The highest BCUT2D eigenvalue weighted by Gasteiger charge is 2.07. The van der Waals surface area contributed by atoms with Crippen molar-refractivity contribution in [2.24, 2.45) is 0 Å². The summed E-state index contributed by atoms with van der Waals surface area (Å²) >= 11 is 3.36. The number of hydrogen-bond acceptors (Lipinski definition) is 4. The Labute approximate surface area is 161 Å². The lowest BCUT2D eigenvalue weighted by molar-refractivity contribution is -0.142. The van der Waals surface area contributed by atoms with Crippen LogP contribution in [-0.2, 0) is 20.7 Å². The summed E-state index contributed by atoms with van der Waals surface area (Å²) in [6, 6.07) is 13.0. The van der Waals surface area contributed by atoms with Gasteiger partial charge in [-0.25, -0.2) is 4.79 Å². The zero-order valence-electron chi connectivity index (χ0n) is 14.6. The molecule has 0 aliphatic heterocycles. The molecule has 2 rings (SSSR count). The Morgan fingerprint density at radius 2 is 1.88 bits per heavy atom. The molecular weight excluding hydrogens is 398 g/mol. The van der Waals surface area contributed by atoms with Crippen LogP contribution in [0.25, 0.3) is 6.08 Å². The van der Waals surface area contributed by atoms with Crippen LogP contribution < -0.4 is 10.1 Å². The van der Waals surface area contributed by atoms with Crippen LogP contribution in [0.2, 0.25) is 0 Å². The zero-order valence-corrected chi connectivity index (χ0v) is 16.2. The number of methoxy groups -OCH3 is 1. The van der Waals surface area contributed by atoms with Crippen LogP contribution in [0.15, 0.2) is 53.0 Å². The fourth-order valence-electron chi connectivity index (χ4n) is 2.20. The predicted molar refractivity (Wildman–Crippen MR) is 105 cm³/mol. The van der Waals surface area contributed by atoms with E-state index in [0.29, 0.717) is 11.4 Å². The van der Waals surface area contributed by atoms with Gasteiger partial charge < -0.3 is 14.8 Å². The van der Waals surface area contributed by atoms with Crippen molar-refractivity contribution in [3.63, 3.8) is 0 Å². The van der Waals surface area contributed by atoms with Crippen LogP contribution in [0.1, 0.15) is 18.1 Å². The zero-order chi connectivity index (χ0) is 18.9. The second-order valence-corrected chi connectivity index (χ2v) is 6.34. The first kappa shape index (κ1) is 19.7. The molecule has 0 aliphatic carbocycles. The van der Waals surface area contributed by atoms with Crippen LogP contribution in [0.5, 0.6) is 5.75 Å². The van der Waals surface area contributed by atoms with E-state index >= 15 is 0 Å². The first-order valence-electron chi connectivity index (χ1n) is 8.09. The summed E-state index contributed by atoms with van der Waals surface area (Å²) in [7, 11) is 1.55. The second-order valence-electron chi connectivity index (χ2n) is 5.43. The number of halogens is 1. The van der Waals surface area contributed by atoms with E-state index in [1.165, 1.54) is 11.6 Å². The Kier molecular flexibility index (Phi) is 7.41. The molecule has 0 saturated heterocycles. The number of carbonyl (C=O) groups excluding carboxylic acids is 2. The number of amides is 1. The molecule has 0 unspecified atom stereocenters. The van der Waals surface area contributed by atoms with Crippen LogP contribution in [0, 0.1) is 0 Å². The molecule has 6 heteroatoms. The number of nitrogens with one attached hydrogen (secondary N) is 1. The van der Waals surface area contributed by atoms with Crippen molar-refractivity contribution in [1.29, 1.82) is 0 Å². The van der Waals surface area contributed by atoms with Gasteiger partial charge in [0.2, 0.25) is 0 Å². The number of esters is 1. The standard InChI is InChI=1S/C20H20BrNO4/c1-3-14-4-8-17(9-5-14)22-19(23)13-26-20(24)11-6-15-12-16(21)7-10-18(15)25-2/h4-12H,3,13H2,1-2H3,(H,22,23)/b11-6+. The summed E-state index contributed by atoms with van der Waals surface area (Å²) in [5.74, 6) is -0.370. The first-order valence-corrected chi connectivity index (χ1v) is 8.88. The van der Waals surface area contributed by atoms with Gasteiger partial charge in [0.05, 0.1) is 7.11 Å². The molecule has 1 amide bonds. The van der Waals surface area contributed by atoms with Crippen LogP contribution in [0.4, 0.5) is 5.69 Å². The van der Waals surface area contributed by atoms with Gasteiger partial charge in [-0.1, -0.05) is 35.0 Å². The van der Waals surface area contributed by atoms with E-state index in [2.05, 4.69) is 28.2 Å². The van der Waals surface area contributed by atoms with Crippen molar-refractivity contribution in [2.45, 2.75) is 13.3 Å². The van der Waals surface area contributed by atoms with E-state index in [9.17, 15) is 9.59 Å². The highest BCUT2D eigenvalue weighted by molar-refractivity contribution is 9.10. The molecule has 2 aromatic carbocycles. The molecule has 2 aromatic rings. The quantitative estimate of drug-likeness (QED) is 0.541. The molecule has 0 atom stereocenters. The summed E-state index contributed by atoms with van der Waals surface area (Å²) in [5.41, 5.74) is 2.57. The Morgan fingerprint density at radius 1 is 1.15 bits per heavy atom. The third-order valence-corrected chi connectivity index (χ3v) is 4.08. The lowest BCUT2D eigenvalue weighted by Gasteiger charge is -2.06. The smallest absolute Gasteiger partial charge is 0.331 e. The molecule has 1 N–H and O–H groups in total. The molecule has 0 aliphatic rings. The van der Waals surface area contributed by atoms with Gasteiger partial charge in [0.1, 0.15) is 5.75 Å². The lowest BCUT2D eigenvalue weighted by atomic mass is 10.1. The SMILES string of the molecule is CCc1ccc(NC(=O)COC(=O)/C=C/c2cc(Br)ccc2OC)cc1. The number of ether oxygens (including phenoxy) is 2. The first-order chi connectivity index (χ1) is 12.5. The van der Waals surface area contributed by atoms with Crippen molar-refractivity contribution >= 4 is 39.6 Å². The fraction of sp³-hybridized carbons (Fsp3) is 0.200. The Morgan fingerprint density at radius 3 is 2.54 bits per heavy atom. The summed E-state index contributed by atoms with van der Waals surface area (Å²) in [6.07, 6.45) is 3.77. The summed E-state index contributed by atoms with van der Waals surface area (Å²) in [5, 5.41) is 2.68. The van der Waals surface area contributed by atoms with Gasteiger partial charge in [0.15, 0.2) is 6.61 Å². The molecule has 5 nitrogen and oxygen atoms in total. The molecule has 0 fully saturated rings. The topological polar surface area (TPSA) is 64.6 Å². The van der Waals surface area contributed by atoms with Gasteiger partial charge >= 0.3 is 5.97 Å². The molecule has 0 radical (unpaired) electrons. The minimum Gasteiger partial charge on any atom is -0.496 e. The van der Waals surface area contributed by atoms with Crippen molar-refractivity contribution in [3.05, 3.63) is 64.1 Å². The van der Waals surface area contributed by atoms with Crippen molar-refractivity contribution in [1.82, 2.24) is 0 Å². The molecule has 0 heterocycles. The number of hydrogen-bond donors (Lipinski definition) is 1. The molecule has 26 heavy (non-hydrogen) atoms. The molecular formula is C20H20BrNO4. The maximum Gasteiger partial charge on any atom is 0.331 e. The largest absolute Gasteiger partial charge is 0.496 e. The summed E-state index contributed by atoms with van der Waals surface area (Å²) < 4.78 is 11.0. The predicted octanol–water partition coefficient (Wildman–Crippen LogP) is 4.22. The van der Waals surface area contributed by atoms with Crippen LogP contribution in [-0.4, -0.2) is 25.6 Å². The van der Waals surface area contributed by atoms with Crippen LogP contribution in [0.3, 0.4) is 0 Å². The second kappa shape index (κ2) is 9.77.